The number of aliphatic hydroxyl groups is 4. The smallest absolute Gasteiger partial charge is 0.408 e. The van der Waals surface area contributed by atoms with Crippen molar-refractivity contribution in [1.29, 1.82) is 0 Å². The Bertz CT molecular complexity index is 2370. The predicted molar refractivity (Wildman–Crippen MR) is 232 cm³/mol. The number of carbonyl (C=O) groups excluding carboxylic acids is 6. The first kappa shape index (κ1) is 48.0. The third kappa shape index (κ3) is 8.38. The number of hydrogen-bond acceptors (Lipinski definition) is 15. The number of aliphatic hydroxyl groups excluding tert-OH is 3. The maximum Gasteiger partial charge on any atom is 0.408 e. The van der Waals surface area contributed by atoms with E-state index in [0.717, 1.165) is 6.92 Å². The maximum atomic E-state index is 15.7. The van der Waals surface area contributed by atoms with Crippen LogP contribution in [0.2, 0.25) is 0 Å². The molecule has 3 unspecified atom stereocenters. The second kappa shape index (κ2) is 18.4. The standard InChI is InChI=1S/C49H56N2O15/c1-26(52)24-50-45(60)64-38-35-27(2)32(63-44(59)37(55)36(29-16-10-7-11-17-29)51-42(57)30-18-12-8-13-19-30)23-49(61,46(35,4)5)41(65-43(58)31-20-14-9-15-21-31)39-47(6,40(38)56)33(54)22-34-48(39,25-62-34)66-28(3)53/h7-21,26,32-34,36-39,41,52,54-55,61H,22-25H2,1-6H3,(H,50,60)(H,51,57)/t26?,32-,33-,34+,36?,37+,38+,39?,41-,47+,48-,49+/m0/s1. The quantitative estimate of drug-likeness (QED) is 0.0867. The molecule has 7 rings (SSSR count). The molecule has 3 aromatic rings. The Labute approximate surface area is 381 Å². The summed E-state index contributed by atoms with van der Waals surface area (Å²) in [6.07, 6.45) is -13.2. The van der Waals surface area contributed by atoms with Crippen molar-refractivity contribution in [1.82, 2.24) is 10.6 Å². The van der Waals surface area contributed by atoms with Crippen LogP contribution in [0.3, 0.4) is 0 Å². The molecule has 2 amide bonds. The molecule has 6 N–H and O–H groups in total. The molecule has 3 fully saturated rings. The molecule has 1 saturated heterocycles. The minimum atomic E-state index is -2.46. The highest BCUT2D eigenvalue weighted by atomic mass is 16.6. The number of ketones is 1. The minimum Gasteiger partial charge on any atom is -0.456 e. The molecule has 3 aromatic carbocycles. The van der Waals surface area contributed by atoms with E-state index < -0.39 is 119 Å². The lowest BCUT2D eigenvalue weighted by Crippen LogP contribution is -2.82. The Kier molecular flexibility index (Phi) is 13.3. The first-order valence-corrected chi connectivity index (χ1v) is 21.8. The van der Waals surface area contributed by atoms with Gasteiger partial charge in [0.2, 0.25) is 0 Å². The van der Waals surface area contributed by atoms with E-state index in [9.17, 15) is 44.4 Å². The lowest BCUT2D eigenvalue weighted by atomic mass is 9.44. The van der Waals surface area contributed by atoms with Crippen LogP contribution in [0.25, 0.3) is 0 Å². The summed E-state index contributed by atoms with van der Waals surface area (Å²) in [7, 11) is 0. The molecule has 12 atom stereocenters. The van der Waals surface area contributed by atoms with E-state index in [1.54, 1.807) is 78.9 Å². The number of Topliss-reactive ketones (excluding diaryl/α,β-unsaturated/α-hetero) is 1. The molecule has 0 radical (unpaired) electrons. The minimum absolute atomic E-state index is 0.0441. The van der Waals surface area contributed by atoms with Gasteiger partial charge >= 0.3 is 24.0 Å². The Hall–Kier alpha value is -5.98. The SMILES string of the molecule is CC(=O)O[C@@]12CO[C@@H]1C[C@H](O)[C@@]1(C)C(=O)[C@H](OC(=O)NCC(C)O)C3=C(C)[C@@H](OC(=O)[C@H](O)C(NC(=O)c4ccccc4)c4ccccc4)C[C@@](O)([C@@H](OC(=O)c4ccccc4)C12)C3(C)C. The zero-order chi connectivity index (χ0) is 47.9. The maximum absolute atomic E-state index is 15.7. The Morgan fingerprint density at radius 3 is 2.02 bits per heavy atom. The van der Waals surface area contributed by atoms with Gasteiger partial charge in [0.25, 0.3) is 5.91 Å². The number of ether oxygens (including phenoxy) is 5. The lowest BCUT2D eigenvalue weighted by molar-refractivity contribution is -0.345. The molecular formula is C49H56N2O15. The van der Waals surface area contributed by atoms with Crippen molar-refractivity contribution in [2.75, 3.05) is 13.2 Å². The number of fused-ring (bicyclic) bond motifs is 5. The summed E-state index contributed by atoms with van der Waals surface area (Å²) in [5, 5.41) is 53.0. The summed E-state index contributed by atoms with van der Waals surface area (Å²) in [6, 6.07) is 22.7. The molecule has 0 aromatic heterocycles. The van der Waals surface area contributed by atoms with Crippen molar-refractivity contribution in [2.24, 2.45) is 16.7 Å². The molecule has 66 heavy (non-hydrogen) atoms. The fourth-order valence-corrected chi connectivity index (χ4v) is 10.4. The van der Waals surface area contributed by atoms with Crippen LogP contribution in [0.15, 0.2) is 102 Å². The van der Waals surface area contributed by atoms with Gasteiger partial charge in [0.15, 0.2) is 23.6 Å². The van der Waals surface area contributed by atoms with Crippen LogP contribution in [0.5, 0.6) is 0 Å². The largest absolute Gasteiger partial charge is 0.456 e. The number of rotatable bonds is 12. The average Bonchev–Trinajstić information content (AvgIpc) is 3.28. The fraction of sp³-hybridized carbons (Fsp3) is 0.469. The van der Waals surface area contributed by atoms with E-state index in [1.165, 1.54) is 46.8 Å². The molecule has 2 saturated carbocycles. The van der Waals surface area contributed by atoms with Gasteiger partial charge in [-0.25, -0.2) is 14.4 Å². The molecule has 17 heteroatoms. The topological polar surface area (TPSA) is 254 Å². The van der Waals surface area contributed by atoms with Gasteiger partial charge in [0, 0.05) is 37.3 Å². The number of nitrogens with one attached hydrogen (secondary N) is 2. The number of benzene rings is 3. The normalized spacial score (nSPS) is 31.1. The molecule has 3 aliphatic carbocycles. The van der Waals surface area contributed by atoms with Gasteiger partial charge in [0.1, 0.15) is 23.9 Å². The summed E-state index contributed by atoms with van der Waals surface area (Å²) in [4.78, 5) is 84.8. The van der Waals surface area contributed by atoms with Crippen LogP contribution in [-0.4, -0.2) is 123 Å². The second-order valence-corrected chi connectivity index (χ2v) is 18.4. The van der Waals surface area contributed by atoms with Crippen LogP contribution >= 0.6 is 0 Å². The van der Waals surface area contributed by atoms with Crippen molar-refractivity contribution in [2.45, 2.75) is 114 Å². The van der Waals surface area contributed by atoms with E-state index in [4.69, 9.17) is 23.7 Å². The average molecular weight is 913 g/mol. The third-order valence-electron chi connectivity index (χ3n) is 14.0. The third-order valence-corrected chi connectivity index (χ3v) is 14.0. The van der Waals surface area contributed by atoms with Crippen molar-refractivity contribution in [3.8, 4) is 0 Å². The van der Waals surface area contributed by atoms with Crippen molar-refractivity contribution in [3.05, 3.63) is 119 Å². The van der Waals surface area contributed by atoms with Crippen LogP contribution in [-0.2, 0) is 38.1 Å². The summed E-state index contributed by atoms with van der Waals surface area (Å²) < 4.78 is 30.5. The highest BCUT2D eigenvalue weighted by Gasteiger charge is 2.78. The van der Waals surface area contributed by atoms with Crippen LogP contribution in [0.4, 0.5) is 4.79 Å². The second-order valence-electron chi connectivity index (χ2n) is 18.4. The molecule has 2 bridgehead atoms. The number of hydrogen-bond donors (Lipinski definition) is 6. The molecule has 1 aliphatic heterocycles. The Morgan fingerprint density at radius 2 is 1.45 bits per heavy atom. The van der Waals surface area contributed by atoms with Crippen molar-refractivity contribution >= 4 is 35.7 Å². The van der Waals surface area contributed by atoms with Gasteiger partial charge in [-0.15, -0.1) is 0 Å². The predicted octanol–water partition coefficient (Wildman–Crippen LogP) is 3.28. The molecule has 4 aliphatic rings. The summed E-state index contributed by atoms with van der Waals surface area (Å²) in [5.41, 5.74) is -7.53. The monoisotopic (exact) mass is 912 g/mol. The first-order chi connectivity index (χ1) is 31.2. The van der Waals surface area contributed by atoms with Crippen LogP contribution in [0, 0.1) is 16.7 Å². The van der Waals surface area contributed by atoms with E-state index >= 15 is 4.79 Å². The summed E-state index contributed by atoms with van der Waals surface area (Å²) >= 11 is 0. The first-order valence-electron chi connectivity index (χ1n) is 21.8. The van der Waals surface area contributed by atoms with Crippen molar-refractivity contribution in [3.63, 3.8) is 0 Å². The van der Waals surface area contributed by atoms with E-state index in [0.29, 0.717) is 5.56 Å². The molecular weight excluding hydrogens is 857 g/mol. The van der Waals surface area contributed by atoms with Crippen molar-refractivity contribution < 1.29 is 72.9 Å². The zero-order valence-corrected chi connectivity index (χ0v) is 37.5. The number of amides is 2. The fourth-order valence-electron chi connectivity index (χ4n) is 10.4. The number of alkyl carbamates (subject to hydrolysis) is 1. The Balaban J connectivity index is 1.40. The van der Waals surface area contributed by atoms with Gasteiger partial charge in [0.05, 0.1) is 41.8 Å². The van der Waals surface area contributed by atoms with Gasteiger partial charge in [-0.05, 0) is 61.7 Å². The summed E-state index contributed by atoms with van der Waals surface area (Å²) in [6.45, 7) is 7.81. The van der Waals surface area contributed by atoms with Crippen LogP contribution in [0.1, 0.15) is 86.7 Å². The molecule has 17 nitrogen and oxygen atoms in total. The molecule has 1 heterocycles. The van der Waals surface area contributed by atoms with E-state index in [2.05, 4.69) is 10.6 Å². The van der Waals surface area contributed by atoms with E-state index in [1.807, 2.05) is 0 Å². The van der Waals surface area contributed by atoms with Gasteiger partial charge < -0.3 is 54.7 Å². The highest BCUT2D eigenvalue weighted by Crippen LogP contribution is 2.64. The molecule has 352 valence electrons. The van der Waals surface area contributed by atoms with Crippen LogP contribution < -0.4 is 10.6 Å². The number of esters is 3. The lowest BCUT2D eigenvalue weighted by Gasteiger charge is -2.67. The molecule has 0 spiro atoms. The zero-order valence-electron chi connectivity index (χ0n) is 37.5. The summed E-state index contributed by atoms with van der Waals surface area (Å²) in [5.74, 6) is -6.21. The van der Waals surface area contributed by atoms with Gasteiger partial charge in [-0.2, -0.15) is 0 Å². The van der Waals surface area contributed by atoms with Gasteiger partial charge in [-0.3, -0.25) is 14.4 Å². The van der Waals surface area contributed by atoms with Gasteiger partial charge in [-0.1, -0.05) is 80.6 Å². The van der Waals surface area contributed by atoms with E-state index in [-0.39, 0.29) is 41.8 Å². The highest BCUT2D eigenvalue weighted by molar-refractivity contribution is 5.96. The number of carbonyl (C=O) groups is 6. The Morgan fingerprint density at radius 1 is 0.864 bits per heavy atom.